The largest absolute Gasteiger partial charge is 0.331 e. The van der Waals surface area contributed by atoms with E-state index < -0.39 is 0 Å². The highest BCUT2D eigenvalue weighted by atomic mass is 32.1. The van der Waals surface area contributed by atoms with Crippen molar-refractivity contribution in [3.05, 3.63) is 51.0 Å². The molecule has 0 atom stereocenters. The molecule has 2 amide bonds. The molecule has 0 radical (unpaired) electrons. The van der Waals surface area contributed by atoms with Crippen molar-refractivity contribution in [2.24, 2.45) is 0 Å². The predicted octanol–water partition coefficient (Wildman–Crippen LogP) is 3.46. The van der Waals surface area contributed by atoms with Crippen LogP contribution >= 0.6 is 11.3 Å². The molecular formula is C18H22N4OS. The first-order valence-electron chi connectivity index (χ1n) is 8.12. The summed E-state index contributed by atoms with van der Waals surface area (Å²) in [7, 11) is 0. The van der Waals surface area contributed by atoms with Crippen LogP contribution in [0, 0.1) is 20.8 Å². The van der Waals surface area contributed by atoms with Crippen LogP contribution in [0.2, 0.25) is 0 Å². The van der Waals surface area contributed by atoms with Gasteiger partial charge in [-0.2, -0.15) is 0 Å². The van der Waals surface area contributed by atoms with E-state index in [-0.39, 0.29) is 6.03 Å². The van der Waals surface area contributed by atoms with E-state index in [4.69, 9.17) is 0 Å². The first-order valence-corrected chi connectivity index (χ1v) is 8.93. The van der Waals surface area contributed by atoms with Crippen LogP contribution in [-0.2, 0) is 6.54 Å². The van der Waals surface area contributed by atoms with E-state index in [2.05, 4.69) is 53.6 Å². The third-order valence-electron chi connectivity index (χ3n) is 4.41. The maximum atomic E-state index is 12.3. The Labute approximate surface area is 146 Å². The van der Waals surface area contributed by atoms with E-state index in [1.54, 1.807) is 0 Å². The maximum absolute atomic E-state index is 12.3. The third-order valence-corrected chi connectivity index (χ3v) is 5.24. The Kier molecular flexibility index (Phi) is 4.94. The minimum absolute atomic E-state index is 0.0425. The Morgan fingerprint density at radius 3 is 2.79 bits per heavy atom. The molecule has 0 saturated heterocycles. The monoisotopic (exact) mass is 342 g/mol. The predicted molar refractivity (Wildman–Crippen MR) is 97.0 cm³/mol. The van der Waals surface area contributed by atoms with Crippen LogP contribution in [0.25, 0.3) is 5.57 Å². The smallest absolute Gasteiger partial charge is 0.318 e. The molecular weight excluding hydrogens is 320 g/mol. The number of amides is 2. The molecule has 24 heavy (non-hydrogen) atoms. The number of aryl methyl sites for hydroxylation is 2. The van der Waals surface area contributed by atoms with Crippen molar-refractivity contribution >= 4 is 22.9 Å². The molecule has 3 rings (SSSR count). The lowest BCUT2D eigenvalue weighted by atomic mass is 9.93. The van der Waals surface area contributed by atoms with E-state index in [0.717, 1.165) is 23.0 Å². The van der Waals surface area contributed by atoms with E-state index in [9.17, 15) is 4.79 Å². The number of benzene rings is 1. The van der Waals surface area contributed by atoms with Gasteiger partial charge in [0.05, 0.1) is 6.54 Å². The summed E-state index contributed by atoms with van der Waals surface area (Å²) in [6, 6.07) is 6.36. The number of nitrogens with one attached hydrogen (secondary N) is 1. The first-order chi connectivity index (χ1) is 11.5. The minimum atomic E-state index is -0.0425. The van der Waals surface area contributed by atoms with Crippen molar-refractivity contribution < 1.29 is 4.79 Å². The number of aromatic nitrogens is 2. The highest BCUT2D eigenvalue weighted by molar-refractivity contribution is 7.11. The van der Waals surface area contributed by atoms with Crippen LogP contribution in [0.4, 0.5) is 4.79 Å². The van der Waals surface area contributed by atoms with Crippen LogP contribution in [0.3, 0.4) is 0 Å². The molecule has 1 aliphatic heterocycles. The van der Waals surface area contributed by atoms with Crippen molar-refractivity contribution in [1.82, 2.24) is 20.4 Å². The van der Waals surface area contributed by atoms with Gasteiger partial charge in [-0.3, -0.25) is 0 Å². The number of rotatable bonds is 3. The lowest BCUT2D eigenvalue weighted by Crippen LogP contribution is -2.41. The molecule has 0 unspecified atom stereocenters. The normalized spacial score (nSPS) is 14.5. The molecule has 0 saturated carbocycles. The molecule has 126 valence electrons. The summed E-state index contributed by atoms with van der Waals surface area (Å²) in [6.45, 7) is 8.03. The average Bonchev–Trinajstić information content (AvgIpc) is 3.01. The van der Waals surface area contributed by atoms with Crippen molar-refractivity contribution in [1.29, 1.82) is 0 Å². The van der Waals surface area contributed by atoms with Gasteiger partial charge < -0.3 is 10.2 Å². The first kappa shape index (κ1) is 16.6. The Morgan fingerprint density at radius 1 is 1.29 bits per heavy atom. The molecule has 5 nitrogen and oxygen atoms in total. The lowest BCUT2D eigenvalue weighted by molar-refractivity contribution is 0.202. The van der Waals surface area contributed by atoms with Crippen LogP contribution < -0.4 is 5.32 Å². The molecule has 1 aromatic heterocycles. The zero-order valence-corrected chi connectivity index (χ0v) is 15.1. The van der Waals surface area contributed by atoms with Gasteiger partial charge in [0.2, 0.25) is 0 Å². The van der Waals surface area contributed by atoms with Gasteiger partial charge in [-0.25, -0.2) is 4.79 Å². The second-order valence-corrected chi connectivity index (χ2v) is 7.31. The van der Waals surface area contributed by atoms with E-state index in [1.165, 1.54) is 33.6 Å². The summed E-state index contributed by atoms with van der Waals surface area (Å²) in [5, 5.41) is 12.7. The third kappa shape index (κ3) is 3.64. The van der Waals surface area contributed by atoms with Gasteiger partial charge >= 0.3 is 6.03 Å². The Balaban J connectivity index is 1.60. The van der Waals surface area contributed by atoms with Crippen molar-refractivity contribution in [3.63, 3.8) is 0 Å². The zero-order valence-electron chi connectivity index (χ0n) is 14.3. The molecule has 1 N–H and O–H groups in total. The Bertz CT molecular complexity index is 781. The molecule has 2 heterocycles. The molecule has 1 aromatic carbocycles. The quantitative estimate of drug-likeness (QED) is 0.929. The Hall–Kier alpha value is -2.21. The molecule has 0 bridgehead atoms. The van der Waals surface area contributed by atoms with Gasteiger partial charge in [0, 0.05) is 13.1 Å². The summed E-state index contributed by atoms with van der Waals surface area (Å²) >= 11 is 1.51. The fraction of sp³-hybridized carbons (Fsp3) is 0.389. The number of carbonyl (C=O) groups excluding carboxylic acids is 1. The molecule has 0 aliphatic carbocycles. The number of nitrogens with zero attached hydrogens (tertiary/aromatic N) is 3. The number of hydrogen-bond acceptors (Lipinski definition) is 4. The number of carbonyl (C=O) groups is 1. The summed E-state index contributed by atoms with van der Waals surface area (Å²) in [5.41, 5.74) is 5.27. The summed E-state index contributed by atoms with van der Waals surface area (Å²) in [4.78, 5) is 14.1. The van der Waals surface area contributed by atoms with Crippen molar-refractivity contribution in [3.8, 4) is 0 Å². The number of urea groups is 1. The number of hydrogen-bond donors (Lipinski definition) is 1. The highest BCUT2D eigenvalue weighted by Crippen LogP contribution is 2.26. The topological polar surface area (TPSA) is 58.1 Å². The molecule has 2 aromatic rings. The van der Waals surface area contributed by atoms with Gasteiger partial charge in [-0.05, 0) is 49.5 Å². The zero-order chi connectivity index (χ0) is 17.1. The van der Waals surface area contributed by atoms with E-state index in [0.29, 0.717) is 13.1 Å². The van der Waals surface area contributed by atoms with Crippen LogP contribution in [0.15, 0.2) is 24.3 Å². The van der Waals surface area contributed by atoms with Gasteiger partial charge in [0.25, 0.3) is 0 Å². The van der Waals surface area contributed by atoms with Crippen LogP contribution in [0.5, 0.6) is 0 Å². The van der Waals surface area contributed by atoms with Gasteiger partial charge in [0.15, 0.2) is 0 Å². The second kappa shape index (κ2) is 7.13. The van der Waals surface area contributed by atoms with Crippen LogP contribution in [0.1, 0.15) is 33.1 Å². The summed E-state index contributed by atoms with van der Waals surface area (Å²) in [6.07, 6.45) is 3.05. The minimum Gasteiger partial charge on any atom is -0.331 e. The second-order valence-electron chi connectivity index (χ2n) is 6.05. The fourth-order valence-corrected chi connectivity index (χ4v) is 3.52. The molecule has 0 fully saturated rings. The van der Waals surface area contributed by atoms with Crippen molar-refractivity contribution in [2.45, 2.75) is 33.7 Å². The standard InChI is InChI=1S/C18H22N4OS/c1-12-5-4-6-16(13(12)2)15-7-9-22(10-8-15)18(23)19-11-17-21-20-14(3)24-17/h4-7H,8-11H2,1-3H3,(H,19,23). The van der Waals surface area contributed by atoms with Crippen molar-refractivity contribution in [2.75, 3.05) is 13.1 Å². The SMILES string of the molecule is Cc1nnc(CNC(=O)N2CC=C(c3cccc(C)c3C)CC2)s1. The summed E-state index contributed by atoms with van der Waals surface area (Å²) < 4.78 is 0. The van der Waals surface area contributed by atoms with E-state index >= 15 is 0 Å². The molecule has 1 aliphatic rings. The lowest BCUT2D eigenvalue weighted by Gasteiger charge is -2.27. The summed E-state index contributed by atoms with van der Waals surface area (Å²) in [5.74, 6) is 0. The molecule has 0 spiro atoms. The molecule has 6 heteroatoms. The van der Waals surface area contributed by atoms with Gasteiger partial charge in [-0.15, -0.1) is 10.2 Å². The van der Waals surface area contributed by atoms with Crippen LogP contribution in [-0.4, -0.2) is 34.2 Å². The maximum Gasteiger partial charge on any atom is 0.318 e. The fourth-order valence-electron chi connectivity index (χ4n) is 2.87. The van der Waals surface area contributed by atoms with Gasteiger partial charge in [-0.1, -0.05) is 35.6 Å². The Morgan fingerprint density at radius 2 is 2.12 bits per heavy atom. The highest BCUT2D eigenvalue weighted by Gasteiger charge is 2.19. The average molecular weight is 342 g/mol. The van der Waals surface area contributed by atoms with E-state index in [1.807, 2.05) is 11.8 Å². The van der Waals surface area contributed by atoms with Gasteiger partial charge in [0.1, 0.15) is 10.0 Å².